The summed E-state index contributed by atoms with van der Waals surface area (Å²) in [6, 6.07) is 13.5. The maximum Gasteiger partial charge on any atom is 0.396 e. The third-order valence-electron chi connectivity index (χ3n) is 4.06. The van der Waals surface area contributed by atoms with E-state index in [9.17, 15) is 18.0 Å². The van der Waals surface area contributed by atoms with Crippen molar-refractivity contribution in [3.63, 3.8) is 0 Å². The van der Waals surface area contributed by atoms with Gasteiger partial charge in [0.05, 0.1) is 17.5 Å². The Hall–Kier alpha value is -2.95. The summed E-state index contributed by atoms with van der Waals surface area (Å²) < 4.78 is 37.9. The number of sulfonamides is 1. The van der Waals surface area contributed by atoms with Gasteiger partial charge in [-0.15, -0.1) is 11.3 Å². The molecule has 29 heavy (non-hydrogen) atoms. The number of nitrogens with zero attached hydrogens (tertiary/aromatic N) is 1. The van der Waals surface area contributed by atoms with E-state index in [4.69, 9.17) is 9.15 Å². The Labute approximate surface area is 173 Å². The molecule has 4 aromatic rings. The number of benzene rings is 2. The molecule has 0 bridgehead atoms. The molecule has 148 valence electrons. The summed E-state index contributed by atoms with van der Waals surface area (Å²) in [4.78, 5) is 24.3. The Morgan fingerprint density at radius 3 is 2.52 bits per heavy atom. The molecule has 0 aliphatic heterocycles. The van der Waals surface area contributed by atoms with Crippen LogP contribution in [0.1, 0.15) is 10.4 Å². The number of rotatable bonds is 5. The minimum Gasteiger partial charge on any atom is -0.497 e. The van der Waals surface area contributed by atoms with Crippen LogP contribution in [-0.4, -0.2) is 21.4 Å². The second kappa shape index (κ2) is 7.47. The van der Waals surface area contributed by atoms with Crippen LogP contribution in [0.25, 0.3) is 10.3 Å². The zero-order chi connectivity index (χ0) is 20.6. The van der Waals surface area contributed by atoms with Crippen LogP contribution in [0, 0.1) is 0 Å². The van der Waals surface area contributed by atoms with Crippen molar-refractivity contribution < 1.29 is 22.4 Å². The number of thiophene rings is 1. The molecular formula is C19H13NO6S3. The molecule has 0 saturated carbocycles. The van der Waals surface area contributed by atoms with E-state index in [-0.39, 0.29) is 15.5 Å². The topological polar surface area (TPSA) is 93.9 Å². The summed E-state index contributed by atoms with van der Waals surface area (Å²) >= 11 is 1.85. The van der Waals surface area contributed by atoms with Crippen LogP contribution in [0.4, 0.5) is 5.69 Å². The molecule has 0 saturated heterocycles. The summed E-state index contributed by atoms with van der Waals surface area (Å²) in [6.07, 6.45) is 0. The molecule has 2 aromatic heterocycles. The molecule has 0 unspecified atom stereocenters. The summed E-state index contributed by atoms with van der Waals surface area (Å²) in [5.41, 5.74) is 0.615. The molecule has 0 N–H and O–H groups in total. The van der Waals surface area contributed by atoms with Gasteiger partial charge in [-0.3, -0.25) is 4.79 Å². The minimum atomic E-state index is -4.17. The molecule has 2 aromatic carbocycles. The number of ether oxygens (including phenoxy) is 1. The number of fused-ring (bicyclic) bond motifs is 1. The summed E-state index contributed by atoms with van der Waals surface area (Å²) in [7, 11) is -2.67. The molecule has 7 nitrogen and oxygen atoms in total. The van der Waals surface area contributed by atoms with Crippen molar-refractivity contribution in [3.05, 3.63) is 75.3 Å². The highest BCUT2D eigenvalue weighted by Crippen LogP contribution is 2.31. The number of methoxy groups -OCH3 is 1. The third kappa shape index (κ3) is 3.57. The van der Waals surface area contributed by atoms with Crippen LogP contribution in [0.2, 0.25) is 0 Å². The Balaban J connectivity index is 1.88. The molecular weight excluding hydrogens is 434 g/mol. The van der Waals surface area contributed by atoms with Gasteiger partial charge < -0.3 is 9.15 Å². The van der Waals surface area contributed by atoms with Crippen LogP contribution < -0.4 is 14.0 Å². The standard InChI is InChI=1S/C19H13NO6S3/c1-25-14-7-4-12(5-8-14)18(21)20(29(23,24)17-3-2-10-27-17)13-6-9-15-16(11-13)28-19(22)26-15/h2-11H,1H3. The molecule has 0 aliphatic rings. The summed E-state index contributed by atoms with van der Waals surface area (Å²) in [5.74, 6) is -0.185. The number of amides is 1. The Morgan fingerprint density at radius 1 is 1.10 bits per heavy atom. The van der Waals surface area contributed by atoms with E-state index in [0.29, 0.717) is 16.0 Å². The fraction of sp³-hybridized carbons (Fsp3) is 0.0526. The van der Waals surface area contributed by atoms with Crippen molar-refractivity contribution in [1.29, 1.82) is 0 Å². The SMILES string of the molecule is COc1ccc(C(=O)N(c2ccc3oc(=O)sc3c2)S(=O)(=O)c2cccs2)cc1. The van der Waals surface area contributed by atoms with E-state index in [1.54, 1.807) is 23.6 Å². The number of carbonyl (C=O) groups excluding carboxylic acids is 1. The highest BCUT2D eigenvalue weighted by atomic mass is 32.2. The van der Waals surface area contributed by atoms with E-state index in [0.717, 1.165) is 27.0 Å². The monoisotopic (exact) mass is 447 g/mol. The first-order valence-corrected chi connectivity index (χ1v) is 11.3. The van der Waals surface area contributed by atoms with Crippen molar-refractivity contribution in [2.24, 2.45) is 0 Å². The quantitative estimate of drug-likeness (QED) is 0.460. The van der Waals surface area contributed by atoms with Crippen molar-refractivity contribution in [2.45, 2.75) is 4.21 Å². The highest BCUT2D eigenvalue weighted by Gasteiger charge is 2.33. The zero-order valence-corrected chi connectivity index (χ0v) is 17.3. The number of carbonyl (C=O) groups is 1. The average Bonchev–Trinajstić information content (AvgIpc) is 3.37. The summed E-state index contributed by atoms with van der Waals surface area (Å²) in [5, 5.41) is 1.62. The molecule has 0 aliphatic carbocycles. The normalized spacial score (nSPS) is 11.5. The number of anilines is 1. The first-order chi connectivity index (χ1) is 13.9. The van der Waals surface area contributed by atoms with Crippen molar-refractivity contribution >= 4 is 54.6 Å². The van der Waals surface area contributed by atoms with E-state index < -0.39 is 20.9 Å². The van der Waals surface area contributed by atoms with E-state index in [1.807, 2.05) is 0 Å². The number of hydrogen-bond donors (Lipinski definition) is 0. The lowest BCUT2D eigenvalue weighted by Gasteiger charge is -2.22. The van der Waals surface area contributed by atoms with Gasteiger partial charge in [-0.05, 0) is 53.9 Å². The first kappa shape index (κ1) is 19.4. The van der Waals surface area contributed by atoms with E-state index in [2.05, 4.69) is 0 Å². The summed E-state index contributed by atoms with van der Waals surface area (Å²) in [6.45, 7) is 0. The van der Waals surface area contributed by atoms with Gasteiger partial charge in [-0.25, -0.2) is 4.79 Å². The van der Waals surface area contributed by atoms with Crippen LogP contribution in [0.15, 0.2) is 73.4 Å². The molecule has 1 amide bonds. The van der Waals surface area contributed by atoms with Crippen LogP contribution in [0.3, 0.4) is 0 Å². The van der Waals surface area contributed by atoms with Gasteiger partial charge in [-0.1, -0.05) is 17.4 Å². The fourth-order valence-electron chi connectivity index (χ4n) is 2.70. The molecule has 0 atom stereocenters. The molecule has 10 heteroatoms. The largest absolute Gasteiger partial charge is 0.497 e. The molecule has 0 fully saturated rings. The second-order valence-electron chi connectivity index (χ2n) is 5.82. The molecule has 0 radical (unpaired) electrons. The van der Waals surface area contributed by atoms with Crippen LogP contribution >= 0.6 is 22.7 Å². The van der Waals surface area contributed by atoms with Gasteiger partial charge >= 0.3 is 4.94 Å². The molecule has 4 rings (SSSR count). The zero-order valence-electron chi connectivity index (χ0n) is 14.9. The van der Waals surface area contributed by atoms with Crippen LogP contribution in [0.5, 0.6) is 5.75 Å². The van der Waals surface area contributed by atoms with Gasteiger partial charge in [0.2, 0.25) is 0 Å². The lowest BCUT2D eigenvalue weighted by molar-refractivity contribution is 0.101. The minimum absolute atomic E-state index is 0.0276. The van der Waals surface area contributed by atoms with E-state index >= 15 is 0 Å². The van der Waals surface area contributed by atoms with Gasteiger partial charge in [0.25, 0.3) is 15.9 Å². The Kier molecular flexibility index (Phi) is 4.99. The Bertz CT molecular complexity index is 1330. The van der Waals surface area contributed by atoms with Crippen molar-refractivity contribution in [2.75, 3.05) is 11.4 Å². The maximum atomic E-state index is 13.3. The smallest absolute Gasteiger partial charge is 0.396 e. The van der Waals surface area contributed by atoms with Crippen molar-refractivity contribution in [3.8, 4) is 5.75 Å². The van der Waals surface area contributed by atoms with Crippen LogP contribution in [-0.2, 0) is 10.0 Å². The Morgan fingerprint density at radius 2 is 1.86 bits per heavy atom. The predicted molar refractivity (Wildman–Crippen MR) is 112 cm³/mol. The average molecular weight is 448 g/mol. The number of hydrogen-bond acceptors (Lipinski definition) is 8. The molecule has 2 heterocycles. The highest BCUT2D eigenvalue weighted by molar-refractivity contribution is 7.95. The molecule has 0 spiro atoms. The van der Waals surface area contributed by atoms with Gasteiger partial charge in [0, 0.05) is 5.56 Å². The maximum absolute atomic E-state index is 13.3. The van der Waals surface area contributed by atoms with E-state index in [1.165, 1.54) is 43.5 Å². The second-order valence-corrected chi connectivity index (χ2v) is 9.76. The van der Waals surface area contributed by atoms with Gasteiger partial charge in [0.15, 0.2) is 0 Å². The van der Waals surface area contributed by atoms with Gasteiger partial charge in [0.1, 0.15) is 15.5 Å². The first-order valence-electron chi connectivity index (χ1n) is 8.21. The third-order valence-corrected chi connectivity index (χ3v) is 7.93. The van der Waals surface area contributed by atoms with Gasteiger partial charge in [-0.2, -0.15) is 12.7 Å². The van der Waals surface area contributed by atoms with Crippen molar-refractivity contribution in [1.82, 2.24) is 0 Å². The lowest BCUT2D eigenvalue weighted by atomic mass is 10.2. The lowest BCUT2D eigenvalue weighted by Crippen LogP contribution is -2.36. The fourth-order valence-corrected chi connectivity index (χ4v) is 5.88. The predicted octanol–water partition coefficient (Wildman–Crippen LogP) is 3.96.